The summed E-state index contributed by atoms with van der Waals surface area (Å²) >= 11 is 0. The van der Waals surface area contributed by atoms with Crippen LogP contribution in [-0.2, 0) is 6.54 Å². The summed E-state index contributed by atoms with van der Waals surface area (Å²) in [6, 6.07) is 13.2. The van der Waals surface area contributed by atoms with Crippen LogP contribution in [-0.4, -0.2) is 55.4 Å². The third-order valence-electron chi connectivity index (χ3n) is 6.04. The summed E-state index contributed by atoms with van der Waals surface area (Å²) in [6.07, 6.45) is 7.23. The molecule has 2 aromatic carbocycles. The molecule has 0 amide bonds. The number of ether oxygens (including phenoxy) is 2. The van der Waals surface area contributed by atoms with E-state index in [2.05, 4.69) is 24.5 Å². The number of carbonyl (C=O) groups excluding carboxylic acids is 1. The minimum atomic E-state index is -0.436. The summed E-state index contributed by atoms with van der Waals surface area (Å²) in [5.41, 5.74) is 2.53. The molecular formula is C28H37N2O4+. The summed E-state index contributed by atoms with van der Waals surface area (Å²) in [5, 5.41) is 11.9. The standard InChI is InChI=1S/C28H36N2O4/c1-5-15-29(16-6-2)19-23(31)20-30-18-22(24-9-7-8-10-25(24)30)11-13-26(32)21-12-14-27(33-3)28(17-21)34-4/h7-14,17-18,23,31H,5-6,15-16,19-20H2,1-4H3/p+1/b13-11+/t23-/m0/s1. The van der Waals surface area contributed by atoms with E-state index < -0.39 is 6.10 Å². The molecule has 3 rings (SSSR count). The van der Waals surface area contributed by atoms with Crippen molar-refractivity contribution in [2.45, 2.75) is 39.3 Å². The topological polar surface area (TPSA) is 65.1 Å². The lowest BCUT2D eigenvalue weighted by atomic mass is 10.1. The van der Waals surface area contributed by atoms with Crippen molar-refractivity contribution in [1.29, 1.82) is 0 Å². The van der Waals surface area contributed by atoms with Gasteiger partial charge in [0.1, 0.15) is 12.6 Å². The number of aliphatic hydroxyl groups excluding tert-OH is 1. The highest BCUT2D eigenvalue weighted by molar-refractivity contribution is 6.08. The Balaban J connectivity index is 1.80. The van der Waals surface area contributed by atoms with Gasteiger partial charge in [0.15, 0.2) is 17.3 Å². The summed E-state index contributed by atoms with van der Waals surface area (Å²) in [4.78, 5) is 14.3. The minimum absolute atomic E-state index is 0.115. The Morgan fingerprint density at radius 1 is 1.06 bits per heavy atom. The van der Waals surface area contributed by atoms with Gasteiger partial charge in [0.2, 0.25) is 0 Å². The molecule has 0 aliphatic rings. The molecule has 34 heavy (non-hydrogen) atoms. The van der Waals surface area contributed by atoms with Crippen LogP contribution in [0.3, 0.4) is 0 Å². The third-order valence-corrected chi connectivity index (χ3v) is 6.04. The molecule has 1 heterocycles. The van der Waals surface area contributed by atoms with Gasteiger partial charge in [0, 0.05) is 28.2 Å². The average molecular weight is 466 g/mol. The number of carbonyl (C=O) groups is 1. The molecule has 0 bridgehead atoms. The van der Waals surface area contributed by atoms with E-state index in [0.29, 0.717) is 23.6 Å². The van der Waals surface area contributed by atoms with Crippen molar-refractivity contribution in [3.63, 3.8) is 0 Å². The number of benzene rings is 2. The molecule has 1 aromatic heterocycles. The van der Waals surface area contributed by atoms with Gasteiger partial charge in [-0.3, -0.25) is 4.79 Å². The number of methoxy groups -OCH3 is 2. The van der Waals surface area contributed by atoms with Gasteiger partial charge in [-0.15, -0.1) is 0 Å². The van der Waals surface area contributed by atoms with Crippen molar-refractivity contribution in [3.8, 4) is 11.5 Å². The van der Waals surface area contributed by atoms with Crippen LogP contribution in [0.5, 0.6) is 11.5 Å². The van der Waals surface area contributed by atoms with Crippen molar-refractivity contribution < 1.29 is 24.3 Å². The fourth-order valence-electron chi connectivity index (χ4n) is 4.47. The van der Waals surface area contributed by atoms with Gasteiger partial charge in [-0.1, -0.05) is 32.0 Å². The molecule has 0 aliphatic heterocycles. The largest absolute Gasteiger partial charge is 0.493 e. The maximum Gasteiger partial charge on any atom is 0.185 e. The van der Waals surface area contributed by atoms with Gasteiger partial charge in [0.05, 0.1) is 33.9 Å². The van der Waals surface area contributed by atoms with E-state index in [1.165, 1.54) is 4.90 Å². The van der Waals surface area contributed by atoms with Gasteiger partial charge in [0.25, 0.3) is 0 Å². The number of aromatic nitrogens is 1. The molecule has 0 fully saturated rings. The van der Waals surface area contributed by atoms with E-state index in [9.17, 15) is 9.90 Å². The molecule has 0 unspecified atom stereocenters. The fourth-order valence-corrected chi connectivity index (χ4v) is 4.47. The molecule has 6 nitrogen and oxygen atoms in total. The number of allylic oxidation sites excluding steroid dienone is 1. The number of nitrogens with zero attached hydrogens (tertiary/aromatic N) is 1. The zero-order valence-electron chi connectivity index (χ0n) is 20.7. The molecule has 0 spiro atoms. The molecule has 0 radical (unpaired) electrons. The van der Waals surface area contributed by atoms with Crippen molar-refractivity contribution in [1.82, 2.24) is 4.57 Å². The number of nitrogens with one attached hydrogen (secondary N) is 1. The van der Waals surface area contributed by atoms with Gasteiger partial charge in [-0.05, 0) is 49.3 Å². The van der Waals surface area contributed by atoms with E-state index >= 15 is 0 Å². The predicted molar refractivity (Wildman–Crippen MR) is 137 cm³/mol. The van der Waals surface area contributed by atoms with E-state index in [1.54, 1.807) is 38.5 Å². The van der Waals surface area contributed by atoms with Crippen molar-refractivity contribution in [3.05, 3.63) is 65.9 Å². The Hall–Kier alpha value is -3.09. The number of hydrogen-bond donors (Lipinski definition) is 2. The highest BCUT2D eigenvalue weighted by atomic mass is 16.5. The summed E-state index contributed by atoms with van der Waals surface area (Å²) < 4.78 is 12.7. The Labute approximate surface area is 202 Å². The molecular weight excluding hydrogens is 428 g/mol. The number of rotatable bonds is 13. The molecule has 1 atom stereocenters. The number of hydrogen-bond acceptors (Lipinski definition) is 4. The monoisotopic (exact) mass is 465 g/mol. The third kappa shape index (κ3) is 6.27. The quantitative estimate of drug-likeness (QED) is 0.299. The van der Waals surface area contributed by atoms with Crippen LogP contribution in [0.2, 0.25) is 0 Å². The summed E-state index contributed by atoms with van der Waals surface area (Å²) in [7, 11) is 3.12. The van der Waals surface area contributed by atoms with Crippen LogP contribution in [0.25, 0.3) is 17.0 Å². The predicted octanol–water partition coefficient (Wildman–Crippen LogP) is 3.62. The Morgan fingerprint density at radius 3 is 2.44 bits per heavy atom. The average Bonchev–Trinajstić information content (AvgIpc) is 3.19. The maximum atomic E-state index is 12.8. The van der Waals surface area contributed by atoms with Gasteiger partial charge < -0.3 is 24.0 Å². The van der Waals surface area contributed by atoms with Gasteiger partial charge in [-0.25, -0.2) is 0 Å². The summed E-state index contributed by atoms with van der Waals surface area (Å²) in [5.74, 6) is 0.994. The molecule has 2 N–H and O–H groups in total. The summed E-state index contributed by atoms with van der Waals surface area (Å²) in [6.45, 7) is 7.77. The fraction of sp³-hybridized carbons (Fsp3) is 0.393. The Morgan fingerprint density at radius 2 is 1.76 bits per heavy atom. The van der Waals surface area contributed by atoms with Crippen molar-refractivity contribution >= 4 is 22.8 Å². The lowest BCUT2D eigenvalue weighted by molar-refractivity contribution is -0.903. The lowest BCUT2D eigenvalue weighted by Gasteiger charge is -2.22. The number of fused-ring (bicyclic) bond motifs is 1. The molecule has 6 heteroatoms. The van der Waals surface area contributed by atoms with Gasteiger partial charge >= 0.3 is 0 Å². The van der Waals surface area contributed by atoms with Crippen LogP contribution >= 0.6 is 0 Å². The second-order valence-electron chi connectivity index (χ2n) is 8.63. The van der Waals surface area contributed by atoms with Gasteiger partial charge in [-0.2, -0.15) is 0 Å². The normalized spacial score (nSPS) is 12.5. The van der Waals surface area contributed by atoms with E-state index in [-0.39, 0.29) is 5.78 Å². The van der Waals surface area contributed by atoms with E-state index in [0.717, 1.165) is 48.9 Å². The van der Waals surface area contributed by atoms with Crippen LogP contribution < -0.4 is 14.4 Å². The van der Waals surface area contributed by atoms with Crippen LogP contribution in [0.1, 0.15) is 42.6 Å². The smallest absolute Gasteiger partial charge is 0.185 e. The van der Waals surface area contributed by atoms with Crippen molar-refractivity contribution in [2.24, 2.45) is 0 Å². The number of ketones is 1. The highest BCUT2D eigenvalue weighted by Gasteiger charge is 2.16. The lowest BCUT2D eigenvalue weighted by Crippen LogP contribution is -3.13. The van der Waals surface area contributed by atoms with Crippen molar-refractivity contribution in [2.75, 3.05) is 33.9 Å². The number of quaternary nitrogens is 1. The molecule has 182 valence electrons. The van der Waals surface area contributed by atoms with Crippen LogP contribution in [0, 0.1) is 0 Å². The number of para-hydroxylation sites is 1. The van der Waals surface area contributed by atoms with Crippen LogP contribution in [0.15, 0.2) is 54.7 Å². The van der Waals surface area contributed by atoms with E-state index in [4.69, 9.17) is 9.47 Å². The second kappa shape index (κ2) is 12.4. The Kier molecular flexibility index (Phi) is 9.31. The molecule has 0 saturated carbocycles. The SMILES string of the molecule is CCC[NH+](CCC)C[C@H](O)Cn1cc(/C=C/C(=O)c2ccc(OC)c(OC)c2)c2ccccc21. The maximum absolute atomic E-state index is 12.8. The second-order valence-corrected chi connectivity index (χ2v) is 8.63. The Bertz CT molecular complexity index is 1110. The number of aliphatic hydroxyl groups is 1. The van der Waals surface area contributed by atoms with E-state index in [1.807, 2.05) is 30.5 Å². The zero-order valence-corrected chi connectivity index (χ0v) is 20.7. The molecule has 0 saturated heterocycles. The van der Waals surface area contributed by atoms with Crippen LogP contribution in [0.4, 0.5) is 0 Å². The molecule has 3 aromatic rings. The molecule has 0 aliphatic carbocycles. The zero-order chi connectivity index (χ0) is 24.5. The first-order valence-corrected chi connectivity index (χ1v) is 12.0. The first-order valence-electron chi connectivity index (χ1n) is 12.0. The first kappa shape index (κ1) is 25.5. The highest BCUT2D eigenvalue weighted by Crippen LogP contribution is 2.28. The minimum Gasteiger partial charge on any atom is -0.493 e. The first-order chi connectivity index (χ1) is 16.5.